The SMILES string of the molecule is Cn1cc(-c2ccc(N3CCC(c4ccc(F)cc4F)C3=O)cc2F)c2c(N)ncnc21. The first-order valence-corrected chi connectivity index (χ1v) is 9.97. The predicted octanol–water partition coefficient (Wildman–Crippen LogP) is 4.16. The molecule has 1 unspecified atom stereocenters. The highest BCUT2D eigenvalue weighted by molar-refractivity contribution is 6.02. The van der Waals surface area contributed by atoms with Gasteiger partial charge in [0.1, 0.15) is 35.2 Å². The number of nitrogen functional groups attached to an aromatic ring is 1. The number of rotatable bonds is 3. The second-order valence-corrected chi connectivity index (χ2v) is 7.77. The van der Waals surface area contributed by atoms with Gasteiger partial charge in [0.25, 0.3) is 0 Å². The van der Waals surface area contributed by atoms with Gasteiger partial charge < -0.3 is 15.2 Å². The summed E-state index contributed by atoms with van der Waals surface area (Å²) >= 11 is 0. The number of carbonyl (C=O) groups is 1. The van der Waals surface area contributed by atoms with Crippen molar-refractivity contribution in [3.63, 3.8) is 0 Å². The van der Waals surface area contributed by atoms with Crippen molar-refractivity contribution in [1.82, 2.24) is 14.5 Å². The summed E-state index contributed by atoms with van der Waals surface area (Å²) in [5, 5.41) is 0.547. The van der Waals surface area contributed by atoms with E-state index in [1.54, 1.807) is 29.9 Å². The molecule has 162 valence electrons. The molecule has 0 radical (unpaired) electrons. The average molecular weight is 437 g/mol. The Morgan fingerprint density at radius 3 is 2.59 bits per heavy atom. The fraction of sp³-hybridized carbons (Fsp3) is 0.174. The number of fused-ring (bicyclic) bond motifs is 1. The fourth-order valence-electron chi connectivity index (χ4n) is 4.34. The van der Waals surface area contributed by atoms with Gasteiger partial charge in [0.15, 0.2) is 0 Å². The first kappa shape index (κ1) is 20.0. The van der Waals surface area contributed by atoms with E-state index in [4.69, 9.17) is 5.73 Å². The third kappa shape index (κ3) is 3.08. The molecule has 0 saturated carbocycles. The summed E-state index contributed by atoms with van der Waals surface area (Å²) in [6.07, 6.45) is 3.42. The molecule has 5 rings (SSSR count). The Morgan fingerprint density at radius 1 is 1.03 bits per heavy atom. The van der Waals surface area contributed by atoms with Crippen molar-refractivity contribution in [1.29, 1.82) is 0 Å². The molecule has 2 N–H and O–H groups in total. The standard InChI is InChI=1S/C23H18F3N5O/c1-30-10-17(20-21(27)28-11-29-22(20)30)15-5-3-13(9-19(15)26)31-7-6-16(23(31)32)14-4-2-12(24)8-18(14)25/h2-5,8-11,16H,6-7H2,1H3,(H2,27,28,29). The van der Waals surface area contributed by atoms with Crippen LogP contribution in [0.5, 0.6) is 0 Å². The van der Waals surface area contributed by atoms with E-state index in [1.165, 1.54) is 23.4 Å². The molecule has 0 spiro atoms. The maximum absolute atomic E-state index is 15.2. The van der Waals surface area contributed by atoms with Crippen molar-refractivity contribution in [2.24, 2.45) is 7.05 Å². The first-order valence-electron chi connectivity index (χ1n) is 9.97. The minimum atomic E-state index is -0.762. The van der Waals surface area contributed by atoms with Gasteiger partial charge in [0, 0.05) is 48.2 Å². The van der Waals surface area contributed by atoms with Gasteiger partial charge in [0.2, 0.25) is 5.91 Å². The lowest BCUT2D eigenvalue weighted by Gasteiger charge is -2.18. The van der Waals surface area contributed by atoms with Crippen molar-refractivity contribution >= 4 is 28.4 Å². The molecule has 2 aromatic heterocycles. The summed E-state index contributed by atoms with van der Waals surface area (Å²) in [6, 6.07) is 7.66. The van der Waals surface area contributed by atoms with E-state index in [-0.39, 0.29) is 17.3 Å². The number of aryl methyl sites for hydroxylation is 1. The zero-order valence-corrected chi connectivity index (χ0v) is 17.0. The molecule has 6 nitrogen and oxygen atoms in total. The summed E-state index contributed by atoms with van der Waals surface area (Å²) in [4.78, 5) is 22.6. The van der Waals surface area contributed by atoms with Crippen LogP contribution in [0.4, 0.5) is 24.7 Å². The summed E-state index contributed by atoms with van der Waals surface area (Å²) in [7, 11) is 1.78. The molecule has 0 aliphatic carbocycles. The van der Waals surface area contributed by atoms with Gasteiger partial charge in [-0.3, -0.25) is 4.79 Å². The minimum Gasteiger partial charge on any atom is -0.383 e. The second kappa shape index (κ2) is 7.37. The Morgan fingerprint density at radius 2 is 1.84 bits per heavy atom. The molecular formula is C23H18F3N5O. The molecule has 1 aliphatic heterocycles. The molecule has 9 heteroatoms. The number of aromatic nitrogens is 3. The largest absolute Gasteiger partial charge is 0.383 e. The number of halogens is 3. The van der Waals surface area contributed by atoms with Crippen molar-refractivity contribution in [3.05, 3.63) is 71.9 Å². The molecular weight excluding hydrogens is 419 g/mol. The number of hydrogen-bond acceptors (Lipinski definition) is 4. The Labute approximate surface area is 181 Å². The number of carbonyl (C=O) groups excluding carboxylic acids is 1. The highest BCUT2D eigenvalue weighted by atomic mass is 19.1. The molecule has 1 atom stereocenters. The van der Waals surface area contributed by atoms with Crippen LogP contribution < -0.4 is 10.6 Å². The summed E-state index contributed by atoms with van der Waals surface area (Å²) in [5.74, 6) is -2.86. The number of nitrogens with two attached hydrogens (primary N) is 1. The fourth-order valence-corrected chi connectivity index (χ4v) is 4.34. The van der Waals surface area contributed by atoms with Crippen LogP contribution in [0.25, 0.3) is 22.2 Å². The van der Waals surface area contributed by atoms with E-state index >= 15 is 4.39 Å². The lowest BCUT2D eigenvalue weighted by molar-refractivity contribution is -0.118. The second-order valence-electron chi connectivity index (χ2n) is 7.77. The van der Waals surface area contributed by atoms with E-state index in [2.05, 4.69) is 9.97 Å². The predicted molar refractivity (Wildman–Crippen MR) is 114 cm³/mol. The average Bonchev–Trinajstić information content (AvgIpc) is 3.29. The van der Waals surface area contributed by atoms with Crippen molar-refractivity contribution < 1.29 is 18.0 Å². The van der Waals surface area contributed by atoms with Crippen LogP contribution >= 0.6 is 0 Å². The number of anilines is 2. The molecule has 2 aromatic carbocycles. The molecule has 32 heavy (non-hydrogen) atoms. The molecule has 1 aliphatic rings. The zero-order chi connectivity index (χ0) is 22.6. The van der Waals surface area contributed by atoms with Crippen LogP contribution in [-0.2, 0) is 11.8 Å². The molecule has 1 saturated heterocycles. The molecule has 0 bridgehead atoms. The van der Waals surface area contributed by atoms with Gasteiger partial charge in [-0.1, -0.05) is 6.07 Å². The van der Waals surface area contributed by atoms with Gasteiger partial charge in [0.05, 0.1) is 11.3 Å². The summed E-state index contributed by atoms with van der Waals surface area (Å²) in [6.45, 7) is 0.300. The topological polar surface area (TPSA) is 77.0 Å². The van der Waals surface area contributed by atoms with E-state index in [1.807, 2.05) is 0 Å². The molecule has 1 fully saturated rings. The third-order valence-corrected chi connectivity index (χ3v) is 5.88. The van der Waals surface area contributed by atoms with Gasteiger partial charge >= 0.3 is 0 Å². The van der Waals surface area contributed by atoms with Crippen LogP contribution in [0.1, 0.15) is 17.9 Å². The summed E-state index contributed by atoms with van der Waals surface area (Å²) < 4.78 is 44.3. The highest BCUT2D eigenvalue weighted by Gasteiger charge is 2.35. The molecule has 4 aromatic rings. The Balaban J connectivity index is 1.49. The lowest BCUT2D eigenvalue weighted by Crippen LogP contribution is -2.26. The molecule has 1 amide bonds. The van der Waals surface area contributed by atoms with Crippen LogP contribution in [0.15, 0.2) is 48.9 Å². The highest BCUT2D eigenvalue weighted by Crippen LogP contribution is 2.37. The Hall–Kier alpha value is -3.88. The van der Waals surface area contributed by atoms with E-state index in [0.29, 0.717) is 40.8 Å². The van der Waals surface area contributed by atoms with E-state index in [0.717, 1.165) is 12.1 Å². The third-order valence-electron chi connectivity index (χ3n) is 5.88. The van der Waals surface area contributed by atoms with Gasteiger partial charge in [-0.15, -0.1) is 0 Å². The van der Waals surface area contributed by atoms with Gasteiger partial charge in [-0.05, 0) is 30.7 Å². The maximum atomic E-state index is 15.2. The van der Waals surface area contributed by atoms with Crippen LogP contribution in [-0.4, -0.2) is 27.0 Å². The Bertz CT molecular complexity index is 1380. The van der Waals surface area contributed by atoms with Gasteiger partial charge in [-0.25, -0.2) is 23.1 Å². The number of nitrogens with zero attached hydrogens (tertiary/aromatic N) is 4. The van der Waals surface area contributed by atoms with Crippen molar-refractivity contribution in [2.75, 3.05) is 17.2 Å². The van der Waals surface area contributed by atoms with Gasteiger partial charge in [-0.2, -0.15) is 0 Å². The van der Waals surface area contributed by atoms with E-state index in [9.17, 15) is 13.6 Å². The Kier molecular flexibility index (Phi) is 4.61. The lowest BCUT2D eigenvalue weighted by atomic mass is 9.97. The van der Waals surface area contributed by atoms with Crippen LogP contribution in [0.3, 0.4) is 0 Å². The smallest absolute Gasteiger partial charge is 0.234 e. The summed E-state index contributed by atoms with van der Waals surface area (Å²) in [5.41, 5.74) is 7.93. The minimum absolute atomic E-state index is 0.141. The number of hydrogen-bond donors (Lipinski definition) is 1. The number of benzene rings is 2. The quantitative estimate of drug-likeness (QED) is 0.522. The normalized spacial score (nSPS) is 16.3. The van der Waals surface area contributed by atoms with Crippen LogP contribution in [0.2, 0.25) is 0 Å². The van der Waals surface area contributed by atoms with E-state index < -0.39 is 23.4 Å². The van der Waals surface area contributed by atoms with Crippen molar-refractivity contribution in [2.45, 2.75) is 12.3 Å². The monoisotopic (exact) mass is 437 g/mol. The molecule has 3 heterocycles. The van der Waals surface area contributed by atoms with Crippen LogP contribution in [0, 0.1) is 17.5 Å². The number of amides is 1. The van der Waals surface area contributed by atoms with Crippen molar-refractivity contribution in [3.8, 4) is 11.1 Å². The first-order chi connectivity index (χ1) is 15.3. The maximum Gasteiger partial charge on any atom is 0.234 e. The zero-order valence-electron chi connectivity index (χ0n) is 17.0.